The molecular formula is C28H31F4NO6. The SMILES string of the molecule is CC12C=CC(=O)C=C1CCC1C2C(O)CC2(C)C(OC(=O)c3ccc(F)c(N)c3)CCC12.O=C(O)C(F)(F)F. The van der Waals surface area contributed by atoms with Crippen LogP contribution in [0.25, 0.3) is 0 Å². The molecular weight excluding hydrogens is 522 g/mol. The molecule has 4 aliphatic carbocycles. The summed E-state index contributed by atoms with van der Waals surface area (Å²) in [5.41, 5.74) is 6.27. The number of aliphatic hydroxyl groups is 1. The Kier molecular flexibility index (Phi) is 7.44. The Morgan fingerprint density at radius 1 is 1.15 bits per heavy atom. The number of carbonyl (C=O) groups excluding carboxylic acids is 2. The molecule has 1 aromatic carbocycles. The van der Waals surface area contributed by atoms with Gasteiger partial charge in [-0.05, 0) is 74.3 Å². The third-order valence-electron chi connectivity index (χ3n) is 9.13. The molecule has 4 N–H and O–H groups in total. The van der Waals surface area contributed by atoms with E-state index in [-0.39, 0.29) is 39.9 Å². The Balaban J connectivity index is 0.000000448. The number of esters is 1. The summed E-state index contributed by atoms with van der Waals surface area (Å²) < 4.78 is 51.2. The number of nitrogens with two attached hydrogens (primary N) is 1. The lowest BCUT2D eigenvalue weighted by atomic mass is 9.47. The first-order valence-electron chi connectivity index (χ1n) is 12.8. The average molecular weight is 554 g/mol. The smallest absolute Gasteiger partial charge is 0.475 e. The number of alkyl halides is 3. The first-order chi connectivity index (χ1) is 18.1. The minimum Gasteiger partial charge on any atom is -0.475 e. The third-order valence-corrected chi connectivity index (χ3v) is 9.13. The normalized spacial score (nSPS) is 35.0. The second kappa shape index (κ2) is 10.1. The quantitative estimate of drug-likeness (QED) is 0.272. The van der Waals surface area contributed by atoms with Crippen LogP contribution in [0.2, 0.25) is 0 Å². The number of nitrogen functional groups attached to an aromatic ring is 1. The van der Waals surface area contributed by atoms with Crippen LogP contribution in [0.5, 0.6) is 0 Å². The summed E-state index contributed by atoms with van der Waals surface area (Å²) in [5, 5.41) is 18.5. The predicted molar refractivity (Wildman–Crippen MR) is 132 cm³/mol. The van der Waals surface area contributed by atoms with Crippen molar-refractivity contribution in [1.82, 2.24) is 0 Å². The van der Waals surface area contributed by atoms with Gasteiger partial charge in [-0.15, -0.1) is 0 Å². The van der Waals surface area contributed by atoms with Crippen LogP contribution >= 0.6 is 0 Å². The number of ketones is 1. The summed E-state index contributed by atoms with van der Waals surface area (Å²) in [7, 11) is 0. The van der Waals surface area contributed by atoms with Crippen molar-refractivity contribution in [2.24, 2.45) is 28.6 Å². The zero-order valence-corrected chi connectivity index (χ0v) is 21.5. The Hall–Kier alpha value is -3.21. The number of halogens is 4. The van der Waals surface area contributed by atoms with Gasteiger partial charge in [0.15, 0.2) is 5.78 Å². The minimum absolute atomic E-state index is 0.0281. The van der Waals surface area contributed by atoms with Crippen LogP contribution in [-0.4, -0.2) is 46.3 Å². The van der Waals surface area contributed by atoms with Crippen molar-refractivity contribution in [3.05, 3.63) is 53.4 Å². The van der Waals surface area contributed by atoms with Gasteiger partial charge in [-0.3, -0.25) is 4.79 Å². The first kappa shape index (κ1) is 28.8. The van der Waals surface area contributed by atoms with E-state index in [4.69, 9.17) is 20.4 Å². The summed E-state index contributed by atoms with van der Waals surface area (Å²) >= 11 is 0. The Morgan fingerprint density at radius 3 is 2.44 bits per heavy atom. The lowest BCUT2D eigenvalue weighted by molar-refractivity contribution is -0.192. The number of benzene rings is 1. The highest BCUT2D eigenvalue weighted by Crippen LogP contribution is 2.65. The van der Waals surface area contributed by atoms with Gasteiger partial charge in [0.2, 0.25) is 0 Å². The highest BCUT2D eigenvalue weighted by Gasteiger charge is 2.62. The van der Waals surface area contributed by atoms with Gasteiger partial charge in [0.05, 0.1) is 17.4 Å². The molecule has 0 amide bonds. The number of fused-ring (bicyclic) bond motifs is 5. The number of ether oxygens (including phenoxy) is 1. The van der Waals surface area contributed by atoms with Gasteiger partial charge < -0.3 is 20.7 Å². The number of hydrogen-bond donors (Lipinski definition) is 3. The van der Waals surface area contributed by atoms with Gasteiger partial charge in [-0.25, -0.2) is 14.0 Å². The number of carboxylic acid groups (broad SMARTS) is 1. The van der Waals surface area contributed by atoms with Crippen molar-refractivity contribution in [2.45, 2.75) is 64.3 Å². The highest BCUT2D eigenvalue weighted by atomic mass is 19.4. The molecule has 7 atom stereocenters. The maximum Gasteiger partial charge on any atom is 0.490 e. The van der Waals surface area contributed by atoms with Crippen molar-refractivity contribution in [3.8, 4) is 0 Å². The van der Waals surface area contributed by atoms with Crippen LogP contribution < -0.4 is 5.73 Å². The standard InChI is InChI=1S/C26H30FNO4.C2HF3O2/c1-25-10-9-16(29)12-15(25)4-5-17-18-6-8-22(26(18,2)13-21(30)23(17)25)32-24(31)14-3-7-19(27)20(28)11-14;3-2(4,5)1(6)7/h3,7,9-12,17-18,21-23,30H,4-6,8,13,28H2,1-2H3;(H,6,7). The van der Waals surface area contributed by atoms with E-state index in [9.17, 15) is 32.3 Å². The molecule has 0 aliphatic heterocycles. The van der Waals surface area contributed by atoms with Crippen molar-refractivity contribution < 1.29 is 46.9 Å². The van der Waals surface area contributed by atoms with Crippen molar-refractivity contribution in [1.29, 1.82) is 0 Å². The molecule has 39 heavy (non-hydrogen) atoms. The highest BCUT2D eigenvalue weighted by molar-refractivity contribution is 6.01. The topological polar surface area (TPSA) is 127 Å². The Labute approximate surface area is 222 Å². The molecule has 0 spiro atoms. The molecule has 11 heteroatoms. The fraction of sp³-hybridized carbons (Fsp3) is 0.536. The molecule has 4 aliphatic rings. The number of allylic oxidation sites excluding steroid dienone is 4. The predicted octanol–water partition coefficient (Wildman–Crippen LogP) is 4.85. The lowest BCUT2D eigenvalue weighted by Gasteiger charge is -2.58. The van der Waals surface area contributed by atoms with Gasteiger partial charge in [0, 0.05) is 16.7 Å². The summed E-state index contributed by atoms with van der Waals surface area (Å²) in [5.74, 6) is -3.11. The van der Waals surface area contributed by atoms with Crippen molar-refractivity contribution >= 4 is 23.4 Å². The number of aliphatic hydroxyl groups excluding tert-OH is 1. The zero-order chi connectivity index (χ0) is 28.9. The maximum absolute atomic E-state index is 13.5. The number of aliphatic carboxylic acids is 1. The van der Waals surface area contributed by atoms with Crippen molar-refractivity contribution in [3.63, 3.8) is 0 Å². The number of anilines is 1. The van der Waals surface area contributed by atoms with Crippen LogP contribution in [0.1, 0.15) is 56.3 Å². The molecule has 0 radical (unpaired) electrons. The molecule has 7 nitrogen and oxygen atoms in total. The van der Waals surface area contributed by atoms with Crippen LogP contribution in [0.3, 0.4) is 0 Å². The second-order valence-corrected chi connectivity index (χ2v) is 11.3. The van der Waals surface area contributed by atoms with Crippen LogP contribution in [0.4, 0.5) is 23.2 Å². The first-order valence-corrected chi connectivity index (χ1v) is 12.8. The number of hydrogen-bond acceptors (Lipinski definition) is 6. The summed E-state index contributed by atoms with van der Waals surface area (Å²) in [6, 6.07) is 3.88. The Bertz CT molecular complexity index is 1240. The van der Waals surface area contributed by atoms with E-state index in [1.807, 2.05) is 6.08 Å². The minimum atomic E-state index is -5.08. The van der Waals surface area contributed by atoms with E-state index in [1.165, 1.54) is 18.2 Å². The van der Waals surface area contributed by atoms with Crippen molar-refractivity contribution in [2.75, 3.05) is 5.73 Å². The van der Waals surface area contributed by atoms with Gasteiger partial charge in [0.1, 0.15) is 11.9 Å². The maximum atomic E-state index is 13.5. The van der Waals surface area contributed by atoms with E-state index in [0.717, 1.165) is 31.3 Å². The largest absolute Gasteiger partial charge is 0.490 e. The molecule has 5 rings (SSSR count). The van der Waals surface area contributed by atoms with E-state index in [1.54, 1.807) is 12.2 Å². The number of rotatable bonds is 2. The molecule has 3 fully saturated rings. The second-order valence-electron chi connectivity index (χ2n) is 11.3. The van der Waals surface area contributed by atoms with E-state index >= 15 is 0 Å². The van der Waals surface area contributed by atoms with Gasteiger partial charge in [-0.1, -0.05) is 25.5 Å². The van der Waals surface area contributed by atoms with E-state index < -0.39 is 30.0 Å². The number of carbonyl (C=O) groups is 3. The van der Waals surface area contributed by atoms with Gasteiger partial charge in [0.25, 0.3) is 0 Å². The van der Waals surface area contributed by atoms with Crippen LogP contribution in [-0.2, 0) is 14.3 Å². The van der Waals surface area contributed by atoms with Gasteiger partial charge in [-0.2, -0.15) is 13.2 Å². The zero-order valence-electron chi connectivity index (χ0n) is 21.5. The monoisotopic (exact) mass is 553 g/mol. The van der Waals surface area contributed by atoms with Crippen LogP contribution in [0, 0.1) is 34.4 Å². The summed E-state index contributed by atoms with van der Waals surface area (Å²) in [6.45, 7) is 4.28. The fourth-order valence-electron chi connectivity index (χ4n) is 7.34. The number of carboxylic acids is 1. The Morgan fingerprint density at radius 2 is 1.82 bits per heavy atom. The molecule has 0 saturated heterocycles. The van der Waals surface area contributed by atoms with Crippen LogP contribution in [0.15, 0.2) is 42.0 Å². The van der Waals surface area contributed by atoms with E-state index in [2.05, 4.69) is 13.8 Å². The molecule has 0 heterocycles. The average Bonchev–Trinajstić information content (AvgIpc) is 3.16. The molecule has 1 aromatic rings. The molecule has 0 bridgehead atoms. The molecule has 7 unspecified atom stereocenters. The van der Waals surface area contributed by atoms with Gasteiger partial charge >= 0.3 is 18.1 Å². The molecule has 0 aromatic heterocycles. The van der Waals surface area contributed by atoms with E-state index in [0.29, 0.717) is 18.3 Å². The third kappa shape index (κ3) is 5.20. The molecule has 3 saturated carbocycles. The fourth-order valence-corrected chi connectivity index (χ4v) is 7.34. The summed E-state index contributed by atoms with van der Waals surface area (Å²) in [6.07, 6.45) is 3.46. The lowest BCUT2D eigenvalue weighted by Crippen LogP contribution is -2.56. The summed E-state index contributed by atoms with van der Waals surface area (Å²) in [4.78, 5) is 33.6. The molecule has 212 valence electrons.